The maximum atomic E-state index is 10.9. The molecule has 0 spiro atoms. The summed E-state index contributed by atoms with van der Waals surface area (Å²) in [4.78, 5) is 10.9. The van der Waals surface area contributed by atoms with Crippen molar-refractivity contribution >= 4 is 17.3 Å². The van der Waals surface area contributed by atoms with E-state index in [0.29, 0.717) is 11.4 Å². The smallest absolute Gasteiger partial charge is 0.221 e. The van der Waals surface area contributed by atoms with Crippen LogP contribution in [-0.2, 0) is 4.79 Å². The molecule has 0 heterocycles. The molecule has 0 radical (unpaired) electrons. The first-order valence-corrected chi connectivity index (χ1v) is 5.54. The third kappa shape index (κ3) is 3.25. The molecule has 92 valence electrons. The Morgan fingerprint density at radius 3 is 2.00 bits per heavy atom. The van der Waals surface area contributed by atoms with Crippen LogP contribution >= 0.6 is 0 Å². The van der Waals surface area contributed by atoms with Gasteiger partial charge in [-0.3, -0.25) is 4.79 Å². The van der Waals surface area contributed by atoms with Crippen LogP contribution < -0.4 is 15.8 Å². The summed E-state index contributed by atoms with van der Waals surface area (Å²) in [6.45, 7) is 1.47. The van der Waals surface area contributed by atoms with Gasteiger partial charge in [0.2, 0.25) is 5.91 Å². The van der Waals surface area contributed by atoms with Crippen LogP contribution in [0.1, 0.15) is 6.92 Å². The van der Waals surface area contributed by atoms with Crippen molar-refractivity contribution in [2.45, 2.75) is 6.92 Å². The molecule has 0 saturated heterocycles. The molecule has 4 heteroatoms. The monoisotopic (exact) mass is 242 g/mol. The van der Waals surface area contributed by atoms with Crippen molar-refractivity contribution in [1.82, 2.24) is 0 Å². The minimum absolute atomic E-state index is 0.0952. The Balaban J connectivity index is 2.06. The Morgan fingerprint density at radius 1 is 1.00 bits per heavy atom. The molecule has 0 aliphatic rings. The molecule has 2 aromatic carbocycles. The predicted octanol–water partition coefficient (Wildman–Crippen LogP) is 3.02. The van der Waals surface area contributed by atoms with Crippen LogP contribution in [0.5, 0.6) is 11.5 Å². The van der Waals surface area contributed by atoms with E-state index < -0.39 is 0 Å². The number of ether oxygens (including phenoxy) is 1. The number of amides is 1. The third-order valence-corrected chi connectivity index (χ3v) is 2.29. The van der Waals surface area contributed by atoms with E-state index in [1.54, 1.807) is 48.5 Å². The number of nitrogen functional groups attached to an aromatic ring is 1. The van der Waals surface area contributed by atoms with Crippen LogP contribution in [0.15, 0.2) is 48.5 Å². The first-order chi connectivity index (χ1) is 8.63. The molecule has 4 nitrogen and oxygen atoms in total. The van der Waals surface area contributed by atoms with Crippen molar-refractivity contribution in [2.24, 2.45) is 0 Å². The van der Waals surface area contributed by atoms with Gasteiger partial charge < -0.3 is 15.8 Å². The van der Waals surface area contributed by atoms with Gasteiger partial charge in [0, 0.05) is 18.3 Å². The number of anilines is 2. The lowest BCUT2D eigenvalue weighted by atomic mass is 10.3. The highest BCUT2D eigenvalue weighted by atomic mass is 16.5. The van der Waals surface area contributed by atoms with Crippen LogP contribution in [-0.4, -0.2) is 5.91 Å². The molecule has 0 aromatic heterocycles. The number of carbonyl (C=O) groups is 1. The fraction of sp³-hybridized carbons (Fsp3) is 0.0714. The molecule has 0 saturated carbocycles. The number of nitrogens with two attached hydrogens (primary N) is 1. The first-order valence-electron chi connectivity index (χ1n) is 5.54. The summed E-state index contributed by atoms with van der Waals surface area (Å²) >= 11 is 0. The van der Waals surface area contributed by atoms with E-state index >= 15 is 0 Å². The molecular weight excluding hydrogens is 228 g/mol. The summed E-state index contributed by atoms with van der Waals surface area (Å²) in [5.41, 5.74) is 7.03. The van der Waals surface area contributed by atoms with Crippen molar-refractivity contribution in [3.63, 3.8) is 0 Å². The zero-order valence-corrected chi connectivity index (χ0v) is 10.0. The Hall–Kier alpha value is -2.49. The van der Waals surface area contributed by atoms with Crippen LogP contribution in [0, 0.1) is 0 Å². The fourth-order valence-corrected chi connectivity index (χ4v) is 1.48. The number of benzene rings is 2. The van der Waals surface area contributed by atoms with Crippen LogP contribution in [0.25, 0.3) is 0 Å². The SMILES string of the molecule is CC(=O)Nc1ccc(Oc2ccc(N)cc2)cc1. The Kier molecular flexibility index (Phi) is 3.48. The lowest BCUT2D eigenvalue weighted by Crippen LogP contribution is -2.05. The van der Waals surface area contributed by atoms with Crippen molar-refractivity contribution < 1.29 is 9.53 Å². The average molecular weight is 242 g/mol. The lowest BCUT2D eigenvalue weighted by molar-refractivity contribution is -0.114. The first kappa shape index (κ1) is 12.0. The topological polar surface area (TPSA) is 64.3 Å². The second-order valence-electron chi connectivity index (χ2n) is 3.88. The molecule has 3 N–H and O–H groups in total. The molecule has 0 aliphatic heterocycles. The maximum Gasteiger partial charge on any atom is 0.221 e. The van der Waals surface area contributed by atoms with Gasteiger partial charge in [0.15, 0.2) is 0 Å². The molecule has 0 unspecified atom stereocenters. The Labute approximate surface area is 105 Å². The van der Waals surface area contributed by atoms with Gasteiger partial charge in [-0.15, -0.1) is 0 Å². The molecule has 0 fully saturated rings. The van der Waals surface area contributed by atoms with Gasteiger partial charge in [-0.2, -0.15) is 0 Å². The second-order valence-corrected chi connectivity index (χ2v) is 3.88. The van der Waals surface area contributed by atoms with Crippen LogP contribution in [0.4, 0.5) is 11.4 Å². The number of hydrogen-bond donors (Lipinski definition) is 2. The van der Waals surface area contributed by atoms with Crippen LogP contribution in [0.3, 0.4) is 0 Å². The minimum atomic E-state index is -0.0952. The largest absolute Gasteiger partial charge is 0.457 e. The average Bonchev–Trinajstić information content (AvgIpc) is 2.34. The predicted molar refractivity (Wildman–Crippen MR) is 71.7 cm³/mol. The van der Waals surface area contributed by atoms with Gasteiger partial charge >= 0.3 is 0 Å². The summed E-state index contributed by atoms with van der Waals surface area (Å²) in [5.74, 6) is 1.33. The van der Waals surface area contributed by atoms with Gasteiger partial charge in [-0.05, 0) is 48.5 Å². The molecular formula is C14H14N2O2. The van der Waals surface area contributed by atoms with E-state index in [1.807, 2.05) is 0 Å². The zero-order chi connectivity index (χ0) is 13.0. The van der Waals surface area contributed by atoms with E-state index in [4.69, 9.17) is 10.5 Å². The Morgan fingerprint density at radius 2 is 1.50 bits per heavy atom. The molecule has 18 heavy (non-hydrogen) atoms. The van der Waals surface area contributed by atoms with Crippen molar-refractivity contribution in [3.05, 3.63) is 48.5 Å². The minimum Gasteiger partial charge on any atom is -0.457 e. The molecule has 0 bridgehead atoms. The second kappa shape index (κ2) is 5.23. The van der Waals surface area contributed by atoms with E-state index in [1.165, 1.54) is 6.92 Å². The Bertz CT molecular complexity index is 533. The highest BCUT2D eigenvalue weighted by Gasteiger charge is 1.99. The standard InChI is InChI=1S/C14H14N2O2/c1-10(17)16-12-4-8-14(9-5-12)18-13-6-2-11(15)3-7-13/h2-9H,15H2,1H3,(H,16,17). The summed E-state index contributed by atoms with van der Waals surface area (Å²) < 4.78 is 5.63. The quantitative estimate of drug-likeness (QED) is 0.813. The third-order valence-electron chi connectivity index (χ3n) is 2.29. The number of hydrogen-bond acceptors (Lipinski definition) is 3. The summed E-state index contributed by atoms with van der Waals surface area (Å²) in [5, 5.41) is 2.69. The highest BCUT2D eigenvalue weighted by molar-refractivity contribution is 5.88. The van der Waals surface area contributed by atoms with E-state index in [9.17, 15) is 4.79 Å². The fourth-order valence-electron chi connectivity index (χ4n) is 1.48. The zero-order valence-electron chi connectivity index (χ0n) is 10.0. The summed E-state index contributed by atoms with van der Waals surface area (Å²) in [6.07, 6.45) is 0. The normalized spacial score (nSPS) is 9.83. The highest BCUT2D eigenvalue weighted by Crippen LogP contribution is 2.23. The van der Waals surface area contributed by atoms with E-state index in [0.717, 1.165) is 11.4 Å². The van der Waals surface area contributed by atoms with Gasteiger partial charge in [0.05, 0.1) is 0 Å². The number of rotatable bonds is 3. The maximum absolute atomic E-state index is 10.9. The molecule has 1 amide bonds. The van der Waals surface area contributed by atoms with E-state index in [2.05, 4.69) is 5.32 Å². The number of nitrogens with one attached hydrogen (secondary N) is 1. The number of carbonyl (C=O) groups excluding carboxylic acids is 1. The molecule has 0 aliphatic carbocycles. The summed E-state index contributed by atoms with van der Waals surface area (Å²) in [7, 11) is 0. The van der Waals surface area contributed by atoms with Gasteiger partial charge in [0.1, 0.15) is 11.5 Å². The lowest BCUT2D eigenvalue weighted by Gasteiger charge is -2.07. The van der Waals surface area contributed by atoms with Gasteiger partial charge in [0.25, 0.3) is 0 Å². The van der Waals surface area contributed by atoms with Gasteiger partial charge in [-0.25, -0.2) is 0 Å². The van der Waals surface area contributed by atoms with Crippen molar-refractivity contribution in [3.8, 4) is 11.5 Å². The molecule has 0 atom stereocenters. The summed E-state index contributed by atoms with van der Waals surface area (Å²) in [6, 6.07) is 14.3. The molecule has 2 aromatic rings. The van der Waals surface area contributed by atoms with Crippen molar-refractivity contribution in [2.75, 3.05) is 11.1 Å². The van der Waals surface area contributed by atoms with E-state index in [-0.39, 0.29) is 5.91 Å². The van der Waals surface area contributed by atoms with Crippen LogP contribution in [0.2, 0.25) is 0 Å². The van der Waals surface area contributed by atoms with Crippen molar-refractivity contribution in [1.29, 1.82) is 0 Å². The van der Waals surface area contributed by atoms with Gasteiger partial charge in [-0.1, -0.05) is 0 Å². The molecule has 2 rings (SSSR count).